The van der Waals surface area contributed by atoms with Crippen molar-refractivity contribution in [3.05, 3.63) is 127 Å². The van der Waals surface area contributed by atoms with Gasteiger partial charge in [0.15, 0.2) is 9.84 Å². The molecule has 0 spiro atoms. The Morgan fingerprint density at radius 1 is 0.703 bits per heavy atom. The van der Waals surface area contributed by atoms with Crippen LogP contribution in [0.25, 0.3) is 38.2 Å². The second kappa shape index (κ2) is 8.19. The van der Waals surface area contributed by atoms with Crippen molar-refractivity contribution in [2.75, 3.05) is 11.9 Å². The number of fused-ring (bicyclic) bond motifs is 4. The predicted molar refractivity (Wildman–Crippen MR) is 153 cm³/mol. The van der Waals surface area contributed by atoms with Gasteiger partial charge in [-0.15, -0.1) is 0 Å². The minimum Gasteiger partial charge on any atom is -0.346 e. The van der Waals surface area contributed by atoms with E-state index < -0.39 is 15.1 Å². The van der Waals surface area contributed by atoms with Crippen LogP contribution in [0.5, 0.6) is 0 Å². The number of rotatable bonds is 2. The summed E-state index contributed by atoms with van der Waals surface area (Å²) in [6, 6.07) is 34.8. The van der Waals surface area contributed by atoms with E-state index in [2.05, 4.69) is 54.6 Å². The molecule has 4 heteroatoms. The summed E-state index contributed by atoms with van der Waals surface area (Å²) >= 11 is 0. The van der Waals surface area contributed by atoms with Gasteiger partial charge in [-0.05, 0) is 68.4 Å². The maximum absolute atomic E-state index is 14.2. The third-order valence-electron chi connectivity index (χ3n) is 7.82. The molecule has 180 valence electrons. The molecule has 0 fully saturated rings. The zero-order valence-corrected chi connectivity index (χ0v) is 21.2. The highest BCUT2D eigenvalue weighted by atomic mass is 32.2. The Balaban J connectivity index is 1.35. The van der Waals surface area contributed by atoms with Crippen LogP contribution < -0.4 is 4.90 Å². The number of anilines is 1. The van der Waals surface area contributed by atoms with Gasteiger partial charge in [0.2, 0.25) is 0 Å². The number of nitrogens with zero attached hydrogens (tertiary/aromatic N) is 1. The van der Waals surface area contributed by atoms with E-state index in [0.29, 0.717) is 11.3 Å². The molecule has 5 aromatic rings. The highest BCUT2D eigenvalue weighted by Crippen LogP contribution is 2.46. The zero-order chi connectivity index (χ0) is 25.1. The second-order valence-corrected chi connectivity index (χ2v) is 11.9. The van der Waals surface area contributed by atoms with Crippen molar-refractivity contribution in [3.8, 4) is 11.1 Å². The molecule has 0 saturated heterocycles. The smallest absolute Gasteiger partial charge is 0.189 e. The van der Waals surface area contributed by atoms with Gasteiger partial charge in [0, 0.05) is 12.7 Å². The Labute approximate surface area is 216 Å². The van der Waals surface area contributed by atoms with Gasteiger partial charge in [0.1, 0.15) is 5.25 Å². The van der Waals surface area contributed by atoms with Crippen LogP contribution in [0.15, 0.2) is 126 Å². The lowest BCUT2D eigenvalue weighted by Crippen LogP contribution is -2.39. The van der Waals surface area contributed by atoms with Crippen molar-refractivity contribution < 1.29 is 8.42 Å². The fourth-order valence-corrected chi connectivity index (χ4v) is 7.97. The van der Waals surface area contributed by atoms with Crippen molar-refractivity contribution in [2.45, 2.75) is 16.6 Å². The summed E-state index contributed by atoms with van der Waals surface area (Å²) in [6.45, 7) is 0. The zero-order valence-electron chi connectivity index (χ0n) is 20.4. The SMILES string of the molecule is CN1C2=CC=C(c3cccc4ccccc34)CC2S(=O)(=O)c2cc(-c3cccc4ccccc34)ccc21. The molecular formula is C33H25NO2S. The topological polar surface area (TPSA) is 37.4 Å². The Morgan fingerprint density at radius 3 is 2.05 bits per heavy atom. The van der Waals surface area contributed by atoms with Crippen LogP contribution >= 0.6 is 0 Å². The fourth-order valence-electron chi connectivity index (χ4n) is 5.92. The van der Waals surface area contributed by atoms with Crippen LogP contribution in [-0.4, -0.2) is 20.7 Å². The number of benzene rings is 5. The summed E-state index contributed by atoms with van der Waals surface area (Å²) in [5.74, 6) is 0. The lowest BCUT2D eigenvalue weighted by molar-refractivity contribution is 0.581. The highest BCUT2D eigenvalue weighted by molar-refractivity contribution is 7.92. The summed E-state index contributed by atoms with van der Waals surface area (Å²) in [7, 11) is -1.63. The van der Waals surface area contributed by atoms with Crippen molar-refractivity contribution in [2.24, 2.45) is 0 Å². The lowest BCUT2D eigenvalue weighted by Gasteiger charge is -2.38. The van der Waals surface area contributed by atoms with E-state index >= 15 is 0 Å². The van der Waals surface area contributed by atoms with Gasteiger partial charge < -0.3 is 4.90 Å². The molecule has 2 aliphatic rings. The first-order valence-electron chi connectivity index (χ1n) is 12.5. The van der Waals surface area contributed by atoms with Crippen LogP contribution in [-0.2, 0) is 9.84 Å². The Hall–Kier alpha value is -4.15. The summed E-state index contributed by atoms with van der Waals surface area (Å²) in [4.78, 5) is 2.45. The Bertz CT molecular complexity index is 1890. The van der Waals surface area contributed by atoms with Crippen LogP contribution in [0.3, 0.4) is 0 Å². The first-order valence-corrected chi connectivity index (χ1v) is 14.1. The van der Waals surface area contributed by atoms with E-state index in [9.17, 15) is 8.42 Å². The maximum atomic E-state index is 14.2. The molecule has 1 heterocycles. The molecule has 1 aliphatic carbocycles. The highest BCUT2D eigenvalue weighted by Gasteiger charge is 2.42. The molecule has 7 rings (SSSR count). The molecule has 5 aromatic carbocycles. The summed E-state index contributed by atoms with van der Waals surface area (Å²) in [6.07, 6.45) is 4.53. The van der Waals surface area contributed by atoms with E-state index in [1.54, 1.807) is 0 Å². The standard InChI is InChI=1S/C33H25NO2S/c1-34-30-18-16-24(28-14-6-10-22-8-2-4-12-26(22)28)20-32(30)37(35,36)33-21-25(17-19-31(33)34)29-15-7-11-23-9-3-5-13-27(23)29/h2-20,33H,21H2,1H3. The van der Waals surface area contributed by atoms with Gasteiger partial charge in [-0.1, -0.05) is 97.1 Å². The van der Waals surface area contributed by atoms with E-state index in [1.165, 1.54) is 0 Å². The van der Waals surface area contributed by atoms with Crippen LogP contribution in [0.1, 0.15) is 12.0 Å². The summed E-state index contributed by atoms with van der Waals surface area (Å²) in [5.41, 5.74) is 5.67. The minimum absolute atomic E-state index is 0.404. The Kier molecular flexibility index (Phi) is 4.89. The maximum Gasteiger partial charge on any atom is 0.189 e. The molecule has 0 bridgehead atoms. The normalized spacial score (nSPS) is 18.2. The molecular weight excluding hydrogens is 474 g/mol. The average Bonchev–Trinajstić information content (AvgIpc) is 2.95. The first-order chi connectivity index (χ1) is 18.0. The predicted octanol–water partition coefficient (Wildman–Crippen LogP) is 7.62. The molecule has 1 unspecified atom stereocenters. The van der Waals surface area contributed by atoms with Crippen molar-refractivity contribution in [3.63, 3.8) is 0 Å². The number of sulfone groups is 1. The van der Waals surface area contributed by atoms with Crippen LogP contribution in [0.2, 0.25) is 0 Å². The van der Waals surface area contributed by atoms with E-state index in [1.807, 2.05) is 72.6 Å². The molecule has 37 heavy (non-hydrogen) atoms. The first kappa shape index (κ1) is 22.1. The second-order valence-electron chi connectivity index (χ2n) is 9.82. The van der Waals surface area contributed by atoms with Gasteiger partial charge in [-0.3, -0.25) is 0 Å². The van der Waals surface area contributed by atoms with Crippen molar-refractivity contribution in [1.82, 2.24) is 0 Å². The summed E-state index contributed by atoms with van der Waals surface area (Å²) in [5, 5.41) is 3.94. The number of hydrogen-bond acceptors (Lipinski definition) is 3. The Morgan fingerprint density at radius 2 is 1.32 bits per heavy atom. The van der Waals surface area contributed by atoms with Crippen molar-refractivity contribution in [1.29, 1.82) is 0 Å². The number of allylic oxidation sites excluding steroid dienone is 3. The fraction of sp³-hybridized carbons (Fsp3) is 0.0909. The van der Waals surface area contributed by atoms with Crippen LogP contribution in [0, 0.1) is 0 Å². The molecule has 0 radical (unpaired) electrons. The molecule has 0 aromatic heterocycles. The van der Waals surface area contributed by atoms with Gasteiger partial charge in [0.25, 0.3) is 0 Å². The molecule has 0 saturated carbocycles. The quantitative estimate of drug-likeness (QED) is 0.251. The van der Waals surface area contributed by atoms with Gasteiger partial charge >= 0.3 is 0 Å². The van der Waals surface area contributed by atoms with E-state index in [0.717, 1.165) is 55.2 Å². The molecule has 1 aliphatic heterocycles. The van der Waals surface area contributed by atoms with Gasteiger partial charge in [-0.2, -0.15) is 0 Å². The summed E-state index contributed by atoms with van der Waals surface area (Å²) < 4.78 is 28.4. The van der Waals surface area contributed by atoms with Crippen LogP contribution in [0.4, 0.5) is 5.69 Å². The molecule has 1 atom stereocenters. The molecule has 0 N–H and O–H groups in total. The number of hydrogen-bond donors (Lipinski definition) is 0. The lowest BCUT2D eigenvalue weighted by atomic mass is 9.91. The minimum atomic E-state index is -3.60. The third-order valence-corrected chi connectivity index (χ3v) is 9.91. The average molecular weight is 500 g/mol. The van der Waals surface area contributed by atoms with Crippen molar-refractivity contribution >= 4 is 42.6 Å². The third kappa shape index (κ3) is 3.36. The molecule has 0 amide bonds. The largest absolute Gasteiger partial charge is 0.346 e. The van der Waals surface area contributed by atoms with E-state index in [-0.39, 0.29) is 0 Å². The molecule has 3 nitrogen and oxygen atoms in total. The monoisotopic (exact) mass is 499 g/mol. The van der Waals surface area contributed by atoms with Gasteiger partial charge in [0.05, 0.1) is 10.6 Å². The van der Waals surface area contributed by atoms with Gasteiger partial charge in [-0.25, -0.2) is 8.42 Å². The van der Waals surface area contributed by atoms with E-state index in [4.69, 9.17) is 0 Å².